The number of nitrogens with zero attached hydrogens (tertiary/aromatic N) is 2. The van der Waals surface area contributed by atoms with Gasteiger partial charge in [0.05, 0.1) is 20.3 Å². The average molecular weight is 363 g/mol. The van der Waals surface area contributed by atoms with Crippen LogP contribution in [0.25, 0.3) is 0 Å². The average Bonchev–Trinajstić information content (AvgIpc) is 2.76. The number of nitro groups is 1. The number of aromatic nitrogens is 1. The van der Waals surface area contributed by atoms with Gasteiger partial charge in [0.2, 0.25) is 0 Å². The molecule has 5 nitrogen and oxygen atoms in total. The minimum Gasteiger partial charge on any atom is -0.364 e. The van der Waals surface area contributed by atoms with Gasteiger partial charge in [-0.3, -0.25) is 10.1 Å². The molecule has 1 N–H and O–H groups in total. The lowest BCUT2D eigenvalue weighted by atomic mass is 10.2. The number of anilines is 1. The van der Waals surface area contributed by atoms with Gasteiger partial charge in [-0.2, -0.15) is 0 Å². The molecule has 8 heteroatoms. The highest BCUT2D eigenvalue weighted by Gasteiger charge is 2.16. The van der Waals surface area contributed by atoms with Crippen LogP contribution in [-0.4, -0.2) is 9.91 Å². The van der Waals surface area contributed by atoms with E-state index in [0.29, 0.717) is 22.4 Å². The first-order chi connectivity index (χ1) is 8.99. The summed E-state index contributed by atoms with van der Waals surface area (Å²) in [4.78, 5) is 15.4. The van der Waals surface area contributed by atoms with Crippen molar-refractivity contribution in [2.45, 2.75) is 13.5 Å². The topological polar surface area (TPSA) is 68.1 Å². The van der Waals surface area contributed by atoms with Crippen molar-refractivity contribution in [3.05, 3.63) is 47.7 Å². The third-order valence-corrected chi connectivity index (χ3v) is 4.69. The number of thiophene rings is 1. The van der Waals surface area contributed by atoms with Crippen LogP contribution in [0.2, 0.25) is 4.34 Å². The summed E-state index contributed by atoms with van der Waals surface area (Å²) in [7, 11) is 0. The standard InChI is InChI=1S/C11H9BrClN3O2S/c1-6-8(16(17)18)5-15-11(10(6)12)14-4-7-2-3-9(13)19-7/h2-3,5H,4H2,1H3,(H,14,15). The predicted octanol–water partition coefficient (Wildman–Crippen LogP) is 4.39. The van der Waals surface area contributed by atoms with Crippen LogP contribution in [0, 0.1) is 17.0 Å². The summed E-state index contributed by atoms with van der Waals surface area (Å²) in [5, 5.41) is 13.9. The quantitative estimate of drug-likeness (QED) is 0.647. The van der Waals surface area contributed by atoms with Crippen molar-refractivity contribution >= 4 is 50.4 Å². The van der Waals surface area contributed by atoms with Gasteiger partial charge in [-0.05, 0) is 35.0 Å². The largest absolute Gasteiger partial charge is 0.364 e. The molecule has 0 aromatic carbocycles. The maximum atomic E-state index is 10.8. The highest BCUT2D eigenvalue weighted by molar-refractivity contribution is 9.10. The Labute approximate surface area is 126 Å². The molecule has 100 valence electrons. The zero-order valence-electron chi connectivity index (χ0n) is 9.81. The third-order valence-electron chi connectivity index (χ3n) is 2.49. The van der Waals surface area contributed by atoms with Crippen LogP contribution in [-0.2, 0) is 6.54 Å². The van der Waals surface area contributed by atoms with Gasteiger partial charge < -0.3 is 5.32 Å². The Morgan fingerprint density at radius 3 is 2.89 bits per heavy atom. The van der Waals surface area contributed by atoms with E-state index >= 15 is 0 Å². The summed E-state index contributed by atoms with van der Waals surface area (Å²) in [5.74, 6) is 0.577. The summed E-state index contributed by atoms with van der Waals surface area (Å²) in [5.41, 5.74) is 0.545. The Balaban J connectivity index is 2.17. The highest BCUT2D eigenvalue weighted by atomic mass is 79.9. The minimum atomic E-state index is -0.448. The van der Waals surface area contributed by atoms with Crippen molar-refractivity contribution in [2.24, 2.45) is 0 Å². The maximum Gasteiger partial charge on any atom is 0.291 e. The van der Waals surface area contributed by atoms with Crippen LogP contribution in [0.5, 0.6) is 0 Å². The molecular formula is C11H9BrClN3O2S. The molecule has 0 saturated carbocycles. The summed E-state index contributed by atoms with van der Waals surface area (Å²) < 4.78 is 1.33. The number of halogens is 2. The molecular weight excluding hydrogens is 354 g/mol. The molecule has 0 fully saturated rings. The van der Waals surface area contributed by atoms with Crippen LogP contribution in [0.4, 0.5) is 11.5 Å². The number of nitrogens with one attached hydrogen (secondary N) is 1. The van der Waals surface area contributed by atoms with Gasteiger partial charge in [0.15, 0.2) is 0 Å². The predicted molar refractivity (Wildman–Crippen MR) is 80.0 cm³/mol. The summed E-state index contributed by atoms with van der Waals surface area (Å²) in [6.07, 6.45) is 1.25. The van der Waals surface area contributed by atoms with Crippen molar-refractivity contribution < 1.29 is 4.92 Å². The van der Waals surface area contributed by atoms with Crippen molar-refractivity contribution in [1.29, 1.82) is 0 Å². The van der Waals surface area contributed by atoms with Gasteiger partial charge >= 0.3 is 0 Å². The smallest absolute Gasteiger partial charge is 0.291 e. The molecule has 0 spiro atoms. The van der Waals surface area contributed by atoms with Gasteiger partial charge in [-0.15, -0.1) is 11.3 Å². The summed E-state index contributed by atoms with van der Waals surface area (Å²) >= 11 is 10.6. The molecule has 2 heterocycles. The number of hydrogen-bond acceptors (Lipinski definition) is 5. The first-order valence-corrected chi connectivity index (χ1v) is 7.25. The van der Waals surface area contributed by atoms with Crippen LogP contribution in [0.1, 0.15) is 10.4 Å². The van der Waals surface area contributed by atoms with E-state index in [-0.39, 0.29) is 5.69 Å². The fourth-order valence-corrected chi connectivity index (χ4v) is 2.97. The van der Waals surface area contributed by atoms with Gasteiger partial charge in [0.25, 0.3) is 5.69 Å². The minimum absolute atomic E-state index is 0.00315. The van der Waals surface area contributed by atoms with Crippen molar-refractivity contribution in [2.75, 3.05) is 5.32 Å². The van der Waals surface area contributed by atoms with Gasteiger partial charge in [-0.25, -0.2) is 4.98 Å². The first-order valence-electron chi connectivity index (χ1n) is 5.26. The summed E-state index contributed by atoms with van der Waals surface area (Å²) in [6.45, 7) is 2.25. The molecule has 2 aromatic rings. The fraction of sp³-hybridized carbons (Fsp3) is 0.182. The van der Waals surface area contributed by atoms with Crippen molar-refractivity contribution in [1.82, 2.24) is 4.98 Å². The SMILES string of the molecule is Cc1c([N+](=O)[O-])cnc(NCc2ccc(Cl)s2)c1Br. The Morgan fingerprint density at radius 1 is 1.58 bits per heavy atom. The molecule has 2 rings (SSSR count). The second-order valence-electron chi connectivity index (χ2n) is 3.75. The number of rotatable bonds is 4. The van der Waals surface area contributed by atoms with E-state index < -0.39 is 4.92 Å². The molecule has 0 aliphatic carbocycles. The lowest BCUT2D eigenvalue weighted by molar-refractivity contribution is -0.385. The molecule has 0 bridgehead atoms. The maximum absolute atomic E-state index is 10.8. The monoisotopic (exact) mass is 361 g/mol. The molecule has 0 amide bonds. The Kier molecular flexibility index (Phi) is 4.38. The van der Waals surface area contributed by atoms with E-state index in [9.17, 15) is 10.1 Å². The molecule has 2 aromatic heterocycles. The van der Waals surface area contributed by atoms with Gasteiger partial charge in [0.1, 0.15) is 12.0 Å². The number of pyridine rings is 1. The second kappa shape index (κ2) is 5.85. The second-order valence-corrected chi connectivity index (χ2v) is 6.34. The van der Waals surface area contributed by atoms with E-state index in [1.165, 1.54) is 17.5 Å². The fourth-order valence-electron chi connectivity index (χ4n) is 1.49. The molecule has 0 atom stereocenters. The molecule has 0 unspecified atom stereocenters. The van der Waals surface area contributed by atoms with Crippen LogP contribution in [0.15, 0.2) is 22.8 Å². The number of hydrogen-bond donors (Lipinski definition) is 1. The molecule has 0 radical (unpaired) electrons. The van der Waals surface area contributed by atoms with Crippen molar-refractivity contribution in [3.8, 4) is 0 Å². The molecule has 19 heavy (non-hydrogen) atoms. The van der Waals surface area contributed by atoms with E-state index in [4.69, 9.17) is 11.6 Å². The van der Waals surface area contributed by atoms with Crippen LogP contribution in [0.3, 0.4) is 0 Å². The Morgan fingerprint density at radius 2 is 2.32 bits per heavy atom. The van der Waals surface area contributed by atoms with E-state index in [1.807, 2.05) is 12.1 Å². The van der Waals surface area contributed by atoms with Crippen LogP contribution < -0.4 is 5.32 Å². The third kappa shape index (κ3) is 3.23. The van der Waals surface area contributed by atoms with E-state index in [0.717, 1.165) is 9.21 Å². The van der Waals surface area contributed by atoms with E-state index in [2.05, 4.69) is 26.2 Å². The molecule has 0 aliphatic rings. The lowest BCUT2D eigenvalue weighted by Gasteiger charge is -2.08. The zero-order chi connectivity index (χ0) is 14.0. The highest BCUT2D eigenvalue weighted by Crippen LogP contribution is 2.31. The lowest BCUT2D eigenvalue weighted by Crippen LogP contribution is -2.03. The van der Waals surface area contributed by atoms with E-state index in [1.54, 1.807) is 6.92 Å². The Hall–Kier alpha value is -1.18. The van der Waals surface area contributed by atoms with Gasteiger partial charge in [0, 0.05) is 10.4 Å². The molecule has 0 aliphatic heterocycles. The zero-order valence-corrected chi connectivity index (χ0v) is 13.0. The first kappa shape index (κ1) is 14.2. The van der Waals surface area contributed by atoms with Crippen LogP contribution >= 0.6 is 38.9 Å². The van der Waals surface area contributed by atoms with Gasteiger partial charge in [-0.1, -0.05) is 11.6 Å². The Bertz CT molecular complexity index is 632. The normalized spacial score (nSPS) is 10.5. The molecule has 0 saturated heterocycles. The van der Waals surface area contributed by atoms with Crippen molar-refractivity contribution in [3.63, 3.8) is 0 Å². The summed E-state index contributed by atoms with van der Waals surface area (Å²) in [6, 6.07) is 3.75.